The normalized spacial score (nSPS) is 15.1. The molecule has 4 aromatic carbocycles. The van der Waals surface area contributed by atoms with Crippen LogP contribution >= 0.6 is 0 Å². The topological polar surface area (TPSA) is 170 Å². The number of aromatic nitrogens is 4. The molecular weight excluding hydrogens is 1050 g/mol. The fraction of sp³-hybridized carbons (Fsp3) is 0.281. The molecule has 8 aromatic rings. The van der Waals surface area contributed by atoms with Crippen molar-refractivity contribution in [2.24, 2.45) is 0 Å². The number of benzene rings is 4. The van der Waals surface area contributed by atoms with Crippen molar-refractivity contribution in [2.45, 2.75) is 51.4 Å². The zero-order valence-corrected chi connectivity index (χ0v) is 48.1. The van der Waals surface area contributed by atoms with Crippen LogP contribution in [0, 0.1) is 23.9 Å². The van der Waals surface area contributed by atoms with Gasteiger partial charge in [0, 0.05) is 180 Å². The minimum atomic E-state index is -0.420. The van der Waals surface area contributed by atoms with E-state index in [-0.39, 0.29) is 19.5 Å². The minimum Gasteiger partial charge on any atom is -0.617 e. The number of hydrogen-bond acceptors (Lipinski definition) is 10. The first-order valence-electron chi connectivity index (χ1n) is 26.8. The van der Waals surface area contributed by atoms with Crippen LogP contribution in [0.2, 0.25) is 0 Å². The van der Waals surface area contributed by atoms with Gasteiger partial charge in [0.05, 0.1) is 47.8 Å². The Bertz CT molecular complexity index is 2690. The van der Waals surface area contributed by atoms with Crippen molar-refractivity contribution < 1.29 is 57.5 Å². The summed E-state index contributed by atoms with van der Waals surface area (Å²) in [6, 6.07) is 51.4. The average molecular weight is 1110 g/mol. The molecule has 9 heterocycles. The molecule has 14 nitrogen and oxygen atoms in total. The first-order valence-corrected chi connectivity index (χ1v) is 26.8. The average Bonchev–Trinajstić information content (AvgIpc) is 4.43. The van der Waals surface area contributed by atoms with Crippen LogP contribution in [0.5, 0.6) is 0 Å². The van der Waals surface area contributed by atoms with E-state index in [1.807, 2.05) is 133 Å². The molecule has 0 spiro atoms. The molecule has 4 aromatic heterocycles. The van der Waals surface area contributed by atoms with Gasteiger partial charge in [0.2, 0.25) is 0 Å². The second-order valence-electron chi connectivity index (χ2n) is 18.8. The van der Waals surface area contributed by atoms with E-state index in [0.29, 0.717) is 68.8 Å². The summed E-state index contributed by atoms with van der Waals surface area (Å²) < 4.78 is 29.7. The minimum absolute atomic E-state index is 0. The largest absolute Gasteiger partial charge is 0.617 e. The number of esters is 2. The molecule has 4 saturated heterocycles. The number of methoxy groups -OCH3 is 2. The van der Waals surface area contributed by atoms with Crippen LogP contribution in [-0.2, 0) is 47.9 Å². The van der Waals surface area contributed by atoms with E-state index in [1.54, 1.807) is 24.3 Å². The van der Waals surface area contributed by atoms with Crippen LogP contribution in [0.3, 0.4) is 0 Å². The van der Waals surface area contributed by atoms with Crippen LogP contribution < -0.4 is 30.6 Å². The molecule has 79 heavy (non-hydrogen) atoms. The first-order chi connectivity index (χ1) is 38.4. The molecule has 0 radical (unpaired) electrons. The predicted molar refractivity (Wildman–Crippen MR) is 299 cm³/mol. The van der Waals surface area contributed by atoms with Crippen molar-refractivity contribution in [1.29, 1.82) is 0 Å². The van der Waals surface area contributed by atoms with E-state index in [4.69, 9.17) is 48.4 Å². The Hall–Kier alpha value is -7.52. The van der Waals surface area contributed by atoms with Crippen LogP contribution in [0.15, 0.2) is 158 Å². The second-order valence-corrected chi connectivity index (χ2v) is 18.8. The molecule has 0 unspecified atom stereocenters. The Morgan fingerprint density at radius 2 is 0.620 bits per heavy atom. The molecule has 15 heteroatoms. The molecule has 2 N–H and O–H groups in total. The number of ether oxygens (including phenoxy) is 6. The smallest absolute Gasteiger partial charge is 0.339 e. The molecule has 8 bridgehead atoms. The summed E-state index contributed by atoms with van der Waals surface area (Å²) in [5, 5.41) is 7.19. The number of rotatable bonds is 8. The quantitative estimate of drug-likeness (QED) is 0.0837. The van der Waals surface area contributed by atoms with Gasteiger partial charge >= 0.3 is 11.9 Å². The zero-order chi connectivity index (χ0) is 53.7. The Labute approximate surface area is 476 Å². The fourth-order valence-corrected chi connectivity index (χ4v) is 9.09. The summed E-state index contributed by atoms with van der Waals surface area (Å²) in [4.78, 5) is 45.7. The van der Waals surface area contributed by atoms with Crippen LogP contribution in [0.25, 0.3) is 0 Å². The number of fused-ring (bicyclic) bond motifs is 8. The van der Waals surface area contributed by atoms with Crippen molar-refractivity contribution in [2.75, 3.05) is 77.7 Å². The number of anilines is 2. The van der Waals surface area contributed by atoms with Gasteiger partial charge in [-0.15, -0.1) is 0 Å². The third-order valence-corrected chi connectivity index (χ3v) is 13.2. The van der Waals surface area contributed by atoms with Crippen molar-refractivity contribution >= 4 is 23.3 Å². The van der Waals surface area contributed by atoms with Crippen molar-refractivity contribution in [1.82, 2.24) is 19.9 Å². The van der Waals surface area contributed by atoms with Gasteiger partial charge < -0.3 is 59.0 Å². The maximum atomic E-state index is 12.4. The van der Waals surface area contributed by atoms with Gasteiger partial charge in [0.1, 0.15) is 12.1 Å². The third-order valence-electron chi connectivity index (χ3n) is 13.2. The van der Waals surface area contributed by atoms with Gasteiger partial charge in [-0.25, -0.2) is 9.59 Å². The van der Waals surface area contributed by atoms with Crippen LogP contribution in [0.1, 0.15) is 129 Å². The Morgan fingerprint density at radius 1 is 0.367 bits per heavy atom. The third kappa shape index (κ3) is 15.8. The summed E-state index contributed by atoms with van der Waals surface area (Å²) in [5.41, 5.74) is 9.63. The Balaban J connectivity index is 0.000000326. The number of carbonyl (C=O) groups is 2. The monoisotopic (exact) mass is 1110 g/mol. The van der Waals surface area contributed by atoms with E-state index in [1.165, 1.54) is 65.6 Å². The standard InChI is InChI=1S/C48H34N6O4.4C4H8O.Zn/c1-57-47(55)31-17-13-29(14-18-31)43-35-21-25-39(51-35)45(49-33-9-5-3-6-10-33)41-27-23-37(53-41)44(30-15-19-32(20-16-30)48(56)58-2)38-24-28-42(54-38)46(40-26-22-36(43)52-40)50-34-11-7-4-8-12-34;4*1-2-4-5-3-1;/h3-28,49-50H,1-2H3;4*1-4H2;. The molecule has 4 fully saturated rings. The van der Waals surface area contributed by atoms with E-state index < -0.39 is 11.9 Å². The van der Waals surface area contributed by atoms with E-state index in [2.05, 4.69) is 10.6 Å². The Morgan fingerprint density at radius 3 is 0.848 bits per heavy atom. The fourth-order valence-electron chi connectivity index (χ4n) is 9.09. The SMILES string of the molecule is C1CCOC1.C1CCOC1.C1CCOC1.C1CCOC1.COC(=O)c1ccc([C+]2c3ccc([n-]3)[C+](Nc3ccccc3)c3ccc([n-]3)[C+](c3ccc(C(=O)OC)cc3)c3ccc([n-]3)[C+](Nc3ccccc3)c3ccc2[n-]3)cc1.[Zn]. The first kappa shape index (κ1) is 57.7. The molecule has 0 saturated carbocycles. The summed E-state index contributed by atoms with van der Waals surface area (Å²) in [6.45, 7) is 8.00. The van der Waals surface area contributed by atoms with E-state index >= 15 is 0 Å². The molecule has 5 aliphatic heterocycles. The number of hydrogen-bond donors (Lipinski definition) is 2. The second kappa shape index (κ2) is 30.0. The zero-order valence-electron chi connectivity index (χ0n) is 45.1. The van der Waals surface area contributed by atoms with Gasteiger partial charge in [-0.05, 0) is 123 Å². The number of nitrogens with zero attached hydrogens (tertiary/aromatic N) is 4. The van der Waals surface area contributed by atoms with Crippen molar-refractivity contribution in [3.05, 3.63) is 249 Å². The summed E-state index contributed by atoms with van der Waals surface area (Å²) in [7, 11) is 2.73. The maximum absolute atomic E-state index is 12.4. The summed E-state index contributed by atoms with van der Waals surface area (Å²) in [6.07, 6.45) is 10.2. The van der Waals surface area contributed by atoms with Gasteiger partial charge in [-0.3, -0.25) is 0 Å². The molecule has 5 aliphatic rings. The molecule has 13 rings (SSSR count). The Kier molecular flexibility index (Phi) is 21.9. The van der Waals surface area contributed by atoms with Crippen molar-refractivity contribution in [3.8, 4) is 0 Å². The van der Waals surface area contributed by atoms with E-state index in [9.17, 15) is 9.59 Å². The van der Waals surface area contributed by atoms with Gasteiger partial charge in [-0.2, -0.15) is 0 Å². The van der Waals surface area contributed by atoms with Crippen molar-refractivity contribution in [3.63, 3.8) is 0 Å². The molecule has 0 aliphatic carbocycles. The predicted octanol–water partition coefficient (Wildman–Crippen LogP) is 10.7. The summed E-state index contributed by atoms with van der Waals surface area (Å²) >= 11 is 0. The number of para-hydroxylation sites is 2. The van der Waals surface area contributed by atoms with Gasteiger partial charge in [0.15, 0.2) is 0 Å². The van der Waals surface area contributed by atoms with E-state index in [0.717, 1.165) is 87.2 Å². The van der Waals surface area contributed by atoms with Gasteiger partial charge in [0.25, 0.3) is 0 Å². The van der Waals surface area contributed by atoms with Gasteiger partial charge in [-0.1, -0.05) is 36.4 Å². The number of carbonyl (C=O) groups excluding carboxylic acids is 2. The maximum Gasteiger partial charge on any atom is 0.339 e. The molecule has 0 amide bonds. The molecule has 402 valence electrons. The molecular formula is C64H66N6O8Zn. The number of nitrogens with one attached hydrogen (secondary N) is 2. The van der Waals surface area contributed by atoms with Crippen LogP contribution in [-0.4, -0.2) is 79.0 Å². The summed E-state index contributed by atoms with van der Waals surface area (Å²) in [5.74, 6) is 0.710. The molecule has 0 atom stereocenters. The van der Waals surface area contributed by atoms with Crippen LogP contribution in [0.4, 0.5) is 11.4 Å².